The van der Waals surface area contributed by atoms with Gasteiger partial charge in [0.1, 0.15) is 0 Å². The average molecular weight is 858 g/mol. The fourth-order valence-corrected chi connectivity index (χ4v) is 8.92. The summed E-state index contributed by atoms with van der Waals surface area (Å²) in [6.45, 7) is 7.02. The van der Waals surface area contributed by atoms with Crippen molar-refractivity contribution in [2.45, 2.75) is 43.3 Å². The molecule has 0 fully saturated rings. The van der Waals surface area contributed by atoms with Gasteiger partial charge >= 0.3 is 144 Å². The predicted molar refractivity (Wildman–Crippen MR) is 198 cm³/mol. The Morgan fingerprint density at radius 2 is 1.30 bits per heavy atom. The van der Waals surface area contributed by atoms with Crippen LogP contribution in [0, 0.1) is 12.1 Å². The molecule has 0 aliphatic heterocycles. The van der Waals surface area contributed by atoms with Crippen LogP contribution in [0.4, 0.5) is 0 Å². The molecule has 0 N–H and O–H groups in total. The molecule has 2 aromatic heterocycles. The van der Waals surface area contributed by atoms with Crippen LogP contribution in [-0.4, -0.2) is 31.3 Å². The third-order valence-corrected chi connectivity index (χ3v) is 13.8. The second kappa shape index (κ2) is 15.9. The SMILES string of the molecule is C[Si](C)(C)c1ccc(-c2[c-]ccc(-c3ccccc3)c2)nc1.[2H]C([2H])(c1ccccc1)c1cc(-c2[c-]cccc2)nc[c]1[Ge]([CH3])([CH3])[CH3].[Ir]. The molecule has 0 aliphatic rings. The fraction of sp³-hybridized carbons (Fsp3) is 0.171. The quantitative estimate of drug-likeness (QED) is 0.118. The summed E-state index contributed by atoms with van der Waals surface area (Å²) in [6.07, 6.45) is 2.37. The van der Waals surface area contributed by atoms with Gasteiger partial charge in [0.25, 0.3) is 0 Å². The van der Waals surface area contributed by atoms with Crippen LogP contribution in [0.5, 0.6) is 0 Å². The zero-order valence-corrected chi connectivity index (χ0v) is 32.9. The summed E-state index contributed by atoms with van der Waals surface area (Å²) in [4.78, 5) is 9.29. The minimum absolute atomic E-state index is 0. The average Bonchev–Trinajstić information content (AvgIpc) is 3.09. The van der Waals surface area contributed by atoms with Crippen molar-refractivity contribution < 1.29 is 22.8 Å². The Morgan fingerprint density at radius 3 is 1.91 bits per heavy atom. The summed E-state index contributed by atoms with van der Waals surface area (Å²) in [5.74, 6) is 6.82. The van der Waals surface area contributed by atoms with Gasteiger partial charge in [-0.05, 0) is 16.4 Å². The molecule has 0 spiro atoms. The molecule has 0 saturated carbocycles. The largest absolute Gasteiger partial charge is 0 e. The van der Waals surface area contributed by atoms with Gasteiger partial charge in [0.15, 0.2) is 0 Å². The van der Waals surface area contributed by atoms with E-state index < -0.39 is 27.7 Å². The Bertz CT molecular complexity index is 1910. The number of hydrogen-bond donors (Lipinski definition) is 0. The molecule has 2 nitrogen and oxygen atoms in total. The first-order chi connectivity index (χ1) is 22.3. The minimum atomic E-state index is -2.30. The number of pyridine rings is 2. The predicted octanol–water partition coefficient (Wildman–Crippen LogP) is 9.44. The van der Waals surface area contributed by atoms with Gasteiger partial charge in [-0.1, -0.05) is 62.1 Å². The molecule has 0 unspecified atom stereocenters. The molecule has 2 heterocycles. The number of rotatable bonds is 7. The number of nitrogens with zero attached hydrogens (tertiary/aromatic N) is 2. The molecular formula is C41H42GeIrN2Si-2. The molecule has 5 heteroatoms. The van der Waals surface area contributed by atoms with Crippen LogP contribution in [0.3, 0.4) is 0 Å². The maximum absolute atomic E-state index is 8.85. The minimum Gasteiger partial charge on any atom is 0 e. The van der Waals surface area contributed by atoms with Gasteiger partial charge in [0, 0.05) is 26.3 Å². The number of benzene rings is 4. The van der Waals surface area contributed by atoms with E-state index in [1.807, 2.05) is 85.2 Å². The van der Waals surface area contributed by atoms with Crippen molar-refractivity contribution in [2.24, 2.45) is 0 Å². The van der Waals surface area contributed by atoms with E-state index in [2.05, 4.69) is 108 Å². The van der Waals surface area contributed by atoms with Crippen LogP contribution in [0.25, 0.3) is 33.6 Å². The van der Waals surface area contributed by atoms with Crippen molar-refractivity contribution in [3.8, 4) is 33.6 Å². The molecule has 0 atom stereocenters. The van der Waals surface area contributed by atoms with Crippen molar-refractivity contribution in [3.05, 3.63) is 157 Å². The Kier molecular flexibility index (Phi) is 11.3. The molecule has 0 aliphatic carbocycles. The fourth-order valence-electron chi connectivity index (χ4n) is 4.95. The molecule has 0 bridgehead atoms. The topological polar surface area (TPSA) is 25.8 Å². The van der Waals surface area contributed by atoms with Crippen molar-refractivity contribution in [2.75, 3.05) is 0 Å². The van der Waals surface area contributed by atoms with E-state index in [1.54, 1.807) is 0 Å². The van der Waals surface area contributed by atoms with Gasteiger partial charge in [0.2, 0.25) is 0 Å². The monoisotopic (exact) mass is 859 g/mol. The first-order valence-electron chi connectivity index (χ1n) is 16.4. The summed E-state index contributed by atoms with van der Waals surface area (Å²) in [5, 5.41) is 1.38. The van der Waals surface area contributed by atoms with E-state index in [9.17, 15) is 0 Å². The molecule has 6 rings (SSSR count). The number of hydrogen-bond acceptors (Lipinski definition) is 2. The van der Waals surface area contributed by atoms with Crippen molar-refractivity contribution >= 4 is 30.9 Å². The Balaban J connectivity index is 0.000000214. The van der Waals surface area contributed by atoms with Crippen LogP contribution in [-0.2, 0) is 26.5 Å². The summed E-state index contributed by atoms with van der Waals surface area (Å²) in [7, 11) is -1.29. The van der Waals surface area contributed by atoms with Gasteiger partial charge in [-0.25, -0.2) is 0 Å². The Hall–Kier alpha value is -3.41. The van der Waals surface area contributed by atoms with Crippen molar-refractivity contribution in [3.63, 3.8) is 0 Å². The molecule has 235 valence electrons. The molecule has 0 amide bonds. The van der Waals surface area contributed by atoms with E-state index in [1.165, 1.54) is 16.3 Å². The Morgan fingerprint density at radius 1 is 0.652 bits per heavy atom. The van der Waals surface area contributed by atoms with Crippen LogP contribution in [0.1, 0.15) is 13.9 Å². The molecule has 46 heavy (non-hydrogen) atoms. The molecule has 0 saturated heterocycles. The van der Waals surface area contributed by atoms with E-state index in [4.69, 9.17) is 2.74 Å². The smallest absolute Gasteiger partial charge is 0 e. The third kappa shape index (κ3) is 9.56. The summed E-state index contributed by atoms with van der Waals surface area (Å²) in [5.41, 5.74) is 7.53. The first-order valence-corrected chi connectivity index (χ1v) is 26.3. The van der Waals surface area contributed by atoms with E-state index in [0.29, 0.717) is 5.56 Å². The molecule has 1 radical (unpaired) electrons. The zero-order valence-electron chi connectivity index (χ0n) is 29.4. The second-order valence-electron chi connectivity index (χ2n) is 13.2. The van der Waals surface area contributed by atoms with Crippen LogP contribution < -0.4 is 9.58 Å². The van der Waals surface area contributed by atoms with Gasteiger partial charge in [0.05, 0.1) is 8.07 Å². The van der Waals surface area contributed by atoms with Crippen LogP contribution >= 0.6 is 0 Å². The van der Waals surface area contributed by atoms with Gasteiger partial charge in [-0.15, -0.1) is 35.4 Å². The van der Waals surface area contributed by atoms with E-state index >= 15 is 0 Å². The molecule has 6 aromatic rings. The Labute approximate surface area is 295 Å². The standard InChI is InChI=1S/C21H22GeN.C20H20NSi.Ir/c1-22(2,3)20-16-23-21(18-12-8-5-9-13-18)15-19(20)14-17-10-6-4-7-11-17;1-22(2,3)19-12-13-20(21-15-19)18-11-7-10-17(14-18)16-8-5-4-6-9-16;/h4-12,15-16H,14H2,1-3H3;4-10,12-15H,1-3H3;/q2*-1;/i14D2;;. The molecule has 4 aromatic carbocycles. The van der Waals surface area contributed by atoms with Crippen LogP contribution in [0.2, 0.25) is 36.9 Å². The van der Waals surface area contributed by atoms with Crippen molar-refractivity contribution in [1.82, 2.24) is 9.97 Å². The van der Waals surface area contributed by atoms with E-state index in [-0.39, 0.29) is 20.1 Å². The maximum atomic E-state index is 8.85. The number of aromatic nitrogens is 2. The van der Waals surface area contributed by atoms with Crippen LogP contribution in [0.15, 0.2) is 134 Å². The summed E-state index contributed by atoms with van der Waals surface area (Å²) >= 11 is -2.30. The zero-order chi connectivity index (χ0) is 33.7. The normalized spacial score (nSPS) is 12.1. The van der Waals surface area contributed by atoms with Gasteiger partial charge in [-0.2, -0.15) is 0 Å². The maximum Gasteiger partial charge on any atom is 0 e. The first kappa shape index (κ1) is 32.5. The van der Waals surface area contributed by atoms with Gasteiger partial charge < -0.3 is 4.98 Å². The molecular weight excluding hydrogens is 813 g/mol. The van der Waals surface area contributed by atoms with Crippen molar-refractivity contribution in [1.29, 1.82) is 0 Å². The third-order valence-electron chi connectivity index (χ3n) is 7.56. The second-order valence-corrected chi connectivity index (χ2v) is 28.8. The van der Waals surface area contributed by atoms with E-state index in [0.717, 1.165) is 32.5 Å². The summed E-state index contributed by atoms with van der Waals surface area (Å²) < 4.78 is 18.8. The van der Waals surface area contributed by atoms with Gasteiger partial charge in [-0.3, -0.25) is 0 Å². The summed E-state index contributed by atoms with van der Waals surface area (Å²) in [6, 6.07) is 46.5.